The lowest BCUT2D eigenvalue weighted by Crippen LogP contribution is -2.47. The van der Waals surface area contributed by atoms with Crippen molar-refractivity contribution in [3.8, 4) is 0 Å². The smallest absolute Gasteiger partial charge is 0.169 e. The van der Waals surface area contributed by atoms with E-state index in [1.807, 2.05) is 0 Å². The number of nitrogens with two attached hydrogens (primary N) is 2. The van der Waals surface area contributed by atoms with Crippen molar-refractivity contribution in [3.05, 3.63) is 0 Å². The standard InChI is InChI=1S/C3H7N3S/c4-3(5)1-7-2-6-3/h2H,1,4-5H2. The molecule has 0 atom stereocenters. The zero-order chi connectivity index (χ0) is 5.33. The molecule has 1 rings (SSSR count). The molecule has 1 aliphatic heterocycles. The molecule has 0 aromatic heterocycles. The Morgan fingerprint density at radius 3 is 2.57 bits per heavy atom. The highest BCUT2D eigenvalue weighted by Crippen LogP contribution is 2.11. The van der Waals surface area contributed by atoms with Gasteiger partial charge in [-0.15, -0.1) is 11.8 Å². The lowest BCUT2D eigenvalue weighted by atomic mass is 10.5. The molecular weight excluding hydrogens is 110 g/mol. The quantitative estimate of drug-likeness (QED) is 0.414. The summed E-state index contributed by atoms with van der Waals surface area (Å²) < 4.78 is 0. The maximum atomic E-state index is 5.34. The maximum Gasteiger partial charge on any atom is 0.169 e. The van der Waals surface area contributed by atoms with Crippen molar-refractivity contribution in [2.45, 2.75) is 5.79 Å². The van der Waals surface area contributed by atoms with Crippen molar-refractivity contribution < 1.29 is 0 Å². The fourth-order valence-electron chi connectivity index (χ4n) is 0.343. The van der Waals surface area contributed by atoms with Crippen molar-refractivity contribution in [3.63, 3.8) is 0 Å². The van der Waals surface area contributed by atoms with Gasteiger partial charge in [0.05, 0.1) is 11.3 Å². The first kappa shape index (κ1) is 5.08. The molecule has 0 aromatic rings. The molecule has 0 fully saturated rings. The predicted octanol–water partition coefficient (Wildman–Crippen LogP) is -0.667. The Morgan fingerprint density at radius 1 is 1.71 bits per heavy atom. The van der Waals surface area contributed by atoms with Crippen molar-refractivity contribution in [2.75, 3.05) is 5.75 Å². The van der Waals surface area contributed by atoms with Crippen molar-refractivity contribution in [2.24, 2.45) is 16.5 Å². The molecule has 0 saturated heterocycles. The second kappa shape index (κ2) is 1.47. The summed E-state index contributed by atoms with van der Waals surface area (Å²) in [4.78, 5) is 3.76. The van der Waals surface area contributed by atoms with Gasteiger partial charge in [-0.2, -0.15) is 0 Å². The second-order valence-corrected chi connectivity index (χ2v) is 2.37. The molecular formula is C3H7N3S. The van der Waals surface area contributed by atoms with Gasteiger partial charge in [0.2, 0.25) is 0 Å². The minimum atomic E-state index is -0.773. The Balaban J connectivity index is 2.57. The highest BCUT2D eigenvalue weighted by atomic mass is 32.2. The maximum absolute atomic E-state index is 5.34. The Kier molecular flexibility index (Phi) is 1.07. The van der Waals surface area contributed by atoms with Crippen LogP contribution in [0.5, 0.6) is 0 Å². The Bertz CT molecular complexity index is 98.4. The lowest BCUT2D eigenvalue weighted by Gasteiger charge is -2.09. The largest absolute Gasteiger partial charge is 0.294 e. The van der Waals surface area contributed by atoms with Crippen LogP contribution in [0.3, 0.4) is 0 Å². The van der Waals surface area contributed by atoms with E-state index in [9.17, 15) is 0 Å². The van der Waals surface area contributed by atoms with E-state index < -0.39 is 5.79 Å². The molecule has 0 aliphatic carbocycles. The average Bonchev–Trinajstić information content (AvgIpc) is 1.84. The predicted molar refractivity (Wildman–Crippen MR) is 32.1 cm³/mol. The lowest BCUT2D eigenvalue weighted by molar-refractivity contribution is 0.539. The van der Waals surface area contributed by atoms with Gasteiger partial charge in [0.15, 0.2) is 5.79 Å². The first-order chi connectivity index (χ1) is 3.21. The molecule has 40 valence electrons. The van der Waals surface area contributed by atoms with Gasteiger partial charge in [0.1, 0.15) is 0 Å². The van der Waals surface area contributed by atoms with Crippen LogP contribution in [0.15, 0.2) is 4.99 Å². The van der Waals surface area contributed by atoms with E-state index >= 15 is 0 Å². The van der Waals surface area contributed by atoms with Crippen LogP contribution in [0.25, 0.3) is 0 Å². The van der Waals surface area contributed by atoms with Crippen LogP contribution in [-0.2, 0) is 0 Å². The minimum absolute atomic E-state index is 0.701. The topological polar surface area (TPSA) is 64.4 Å². The molecule has 0 saturated carbocycles. The summed E-state index contributed by atoms with van der Waals surface area (Å²) in [6, 6.07) is 0. The van der Waals surface area contributed by atoms with E-state index in [4.69, 9.17) is 11.5 Å². The van der Waals surface area contributed by atoms with E-state index in [0.717, 1.165) is 0 Å². The van der Waals surface area contributed by atoms with Gasteiger partial charge in [-0.3, -0.25) is 11.5 Å². The summed E-state index contributed by atoms with van der Waals surface area (Å²) in [5, 5.41) is 0. The van der Waals surface area contributed by atoms with Gasteiger partial charge in [-0.1, -0.05) is 0 Å². The second-order valence-electron chi connectivity index (χ2n) is 1.54. The molecule has 1 aliphatic rings. The Hall–Kier alpha value is -0.0600. The van der Waals surface area contributed by atoms with Gasteiger partial charge in [0.25, 0.3) is 0 Å². The molecule has 0 radical (unpaired) electrons. The van der Waals surface area contributed by atoms with Gasteiger partial charge in [-0.05, 0) is 0 Å². The number of rotatable bonds is 0. The van der Waals surface area contributed by atoms with E-state index in [1.165, 1.54) is 11.8 Å². The zero-order valence-electron chi connectivity index (χ0n) is 3.79. The highest BCUT2D eigenvalue weighted by Gasteiger charge is 2.19. The summed E-state index contributed by atoms with van der Waals surface area (Å²) in [5.41, 5.74) is 12.4. The summed E-state index contributed by atoms with van der Waals surface area (Å²) in [5.74, 6) is -0.0718. The van der Waals surface area contributed by atoms with Gasteiger partial charge in [0, 0.05) is 0 Å². The third-order valence-electron chi connectivity index (χ3n) is 0.682. The van der Waals surface area contributed by atoms with Crippen molar-refractivity contribution >= 4 is 17.3 Å². The molecule has 0 unspecified atom stereocenters. The van der Waals surface area contributed by atoms with Crippen LogP contribution in [0.1, 0.15) is 0 Å². The van der Waals surface area contributed by atoms with Crippen LogP contribution < -0.4 is 11.5 Å². The first-order valence-electron chi connectivity index (χ1n) is 1.94. The van der Waals surface area contributed by atoms with E-state index in [-0.39, 0.29) is 0 Å². The molecule has 4 N–H and O–H groups in total. The Labute approximate surface area is 46.2 Å². The number of thioether (sulfide) groups is 1. The molecule has 0 bridgehead atoms. The van der Waals surface area contributed by atoms with Crippen LogP contribution in [0.2, 0.25) is 0 Å². The van der Waals surface area contributed by atoms with Gasteiger partial charge < -0.3 is 0 Å². The van der Waals surface area contributed by atoms with Crippen LogP contribution in [-0.4, -0.2) is 17.1 Å². The van der Waals surface area contributed by atoms with Gasteiger partial charge in [-0.25, -0.2) is 4.99 Å². The van der Waals surface area contributed by atoms with Gasteiger partial charge >= 0.3 is 0 Å². The molecule has 3 nitrogen and oxygen atoms in total. The average molecular weight is 117 g/mol. The number of aliphatic imine (C=N–C) groups is 1. The molecule has 0 amide bonds. The monoisotopic (exact) mass is 117 g/mol. The molecule has 0 aromatic carbocycles. The summed E-state index contributed by atoms with van der Waals surface area (Å²) in [6.07, 6.45) is 0. The summed E-state index contributed by atoms with van der Waals surface area (Å²) in [7, 11) is 0. The van der Waals surface area contributed by atoms with Crippen LogP contribution in [0.4, 0.5) is 0 Å². The van der Waals surface area contributed by atoms with Crippen molar-refractivity contribution in [1.29, 1.82) is 0 Å². The fraction of sp³-hybridized carbons (Fsp3) is 0.667. The third-order valence-corrected chi connectivity index (χ3v) is 1.57. The highest BCUT2D eigenvalue weighted by molar-refractivity contribution is 8.12. The molecule has 0 spiro atoms. The Morgan fingerprint density at radius 2 is 2.43 bits per heavy atom. The summed E-state index contributed by atoms with van der Waals surface area (Å²) in [6.45, 7) is 0. The van der Waals surface area contributed by atoms with Crippen molar-refractivity contribution in [1.82, 2.24) is 0 Å². The number of nitrogens with zero attached hydrogens (tertiary/aromatic N) is 1. The van der Waals surface area contributed by atoms with E-state index in [0.29, 0.717) is 5.75 Å². The SMILES string of the molecule is NC1(N)CSC=N1. The van der Waals surface area contributed by atoms with Crippen LogP contribution in [0, 0.1) is 0 Å². The molecule has 4 heteroatoms. The number of hydrogen-bond acceptors (Lipinski definition) is 4. The number of hydrogen-bond donors (Lipinski definition) is 2. The minimum Gasteiger partial charge on any atom is -0.294 e. The fourth-order valence-corrected chi connectivity index (χ4v) is 1.03. The van der Waals surface area contributed by atoms with E-state index in [1.54, 1.807) is 5.55 Å². The molecule has 7 heavy (non-hydrogen) atoms. The zero-order valence-corrected chi connectivity index (χ0v) is 4.61. The van der Waals surface area contributed by atoms with E-state index in [2.05, 4.69) is 4.99 Å². The normalized spacial score (nSPS) is 26.0. The first-order valence-corrected chi connectivity index (χ1v) is 2.99. The third kappa shape index (κ3) is 1.15. The van der Waals surface area contributed by atoms with Crippen LogP contribution >= 0.6 is 11.8 Å². The summed E-state index contributed by atoms with van der Waals surface area (Å²) >= 11 is 1.54. The molecule has 1 heterocycles.